The Labute approximate surface area is 177 Å². The van der Waals surface area contributed by atoms with Gasteiger partial charge in [-0.25, -0.2) is 0 Å². The summed E-state index contributed by atoms with van der Waals surface area (Å²) in [6.07, 6.45) is 6.49. The average molecular weight is 401 g/mol. The number of hydrogen-bond acceptors (Lipinski definition) is 5. The standard InChI is InChI=1S/C14H31N3O.C7H15N.C2H6/c1-4-12-18-13-11-16-7-9-17(10-8-16)14(2,3)5-6-15;1-2-8-6-4-3-5-7-8;1-2/h4-13,15H2,1-3H3;2-7H2,1H3;1-2H3. The molecular weight excluding hydrogens is 348 g/mol. The zero-order valence-corrected chi connectivity index (χ0v) is 20.1. The van der Waals surface area contributed by atoms with Crippen molar-refractivity contribution in [3.8, 4) is 0 Å². The van der Waals surface area contributed by atoms with E-state index in [0.29, 0.717) is 0 Å². The van der Waals surface area contributed by atoms with Crippen LogP contribution in [0, 0.1) is 0 Å². The minimum absolute atomic E-state index is 0.250. The van der Waals surface area contributed by atoms with Crippen molar-refractivity contribution in [3.05, 3.63) is 0 Å². The Morgan fingerprint density at radius 3 is 1.89 bits per heavy atom. The summed E-state index contributed by atoms with van der Waals surface area (Å²) in [7, 11) is 0. The van der Waals surface area contributed by atoms with Crippen LogP contribution in [0.3, 0.4) is 0 Å². The summed E-state index contributed by atoms with van der Waals surface area (Å²) in [6, 6.07) is 0. The average Bonchev–Trinajstić information content (AvgIpc) is 2.74. The van der Waals surface area contributed by atoms with Gasteiger partial charge in [-0.3, -0.25) is 9.80 Å². The SMILES string of the molecule is CC.CCCOCCN1CCN(C(C)(C)CCN)CC1.CCN1CCCCC1. The zero-order valence-electron chi connectivity index (χ0n) is 20.1. The third kappa shape index (κ3) is 12.4. The molecule has 0 aromatic carbocycles. The highest BCUT2D eigenvalue weighted by molar-refractivity contribution is 4.85. The minimum atomic E-state index is 0.250. The Morgan fingerprint density at radius 2 is 1.43 bits per heavy atom. The van der Waals surface area contributed by atoms with E-state index in [1.807, 2.05) is 13.8 Å². The number of nitrogens with zero attached hydrogens (tertiary/aromatic N) is 3. The quantitative estimate of drug-likeness (QED) is 0.598. The van der Waals surface area contributed by atoms with Gasteiger partial charge in [0.15, 0.2) is 0 Å². The van der Waals surface area contributed by atoms with Crippen LogP contribution in [0.4, 0.5) is 0 Å². The van der Waals surface area contributed by atoms with Crippen molar-refractivity contribution in [1.29, 1.82) is 0 Å². The summed E-state index contributed by atoms with van der Waals surface area (Å²) in [5, 5.41) is 0. The highest BCUT2D eigenvalue weighted by Crippen LogP contribution is 2.19. The molecule has 5 nitrogen and oxygen atoms in total. The molecule has 2 heterocycles. The Morgan fingerprint density at radius 1 is 0.821 bits per heavy atom. The fraction of sp³-hybridized carbons (Fsp3) is 1.00. The fourth-order valence-corrected chi connectivity index (χ4v) is 3.80. The van der Waals surface area contributed by atoms with Gasteiger partial charge in [0.25, 0.3) is 0 Å². The summed E-state index contributed by atoms with van der Waals surface area (Å²) in [6.45, 7) is 25.2. The van der Waals surface area contributed by atoms with Gasteiger partial charge < -0.3 is 15.4 Å². The van der Waals surface area contributed by atoms with Crippen molar-refractivity contribution >= 4 is 0 Å². The van der Waals surface area contributed by atoms with E-state index in [1.165, 1.54) is 38.9 Å². The lowest BCUT2D eigenvalue weighted by Crippen LogP contribution is -2.55. The van der Waals surface area contributed by atoms with E-state index in [1.54, 1.807) is 0 Å². The van der Waals surface area contributed by atoms with E-state index in [4.69, 9.17) is 10.5 Å². The number of nitrogens with two attached hydrogens (primary N) is 1. The molecule has 2 N–H and O–H groups in total. The smallest absolute Gasteiger partial charge is 0.0593 e. The Kier molecular flexibility index (Phi) is 17.5. The second-order valence-corrected chi connectivity index (χ2v) is 8.29. The summed E-state index contributed by atoms with van der Waals surface area (Å²) >= 11 is 0. The Bertz CT molecular complexity index is 325. The summed E-state index contributed by atoms with van der Waals surface area (Å²) in [5.74, 6) is 0. The largest absolute Gasteiger partial charge is 0.380 e. The third-order valence-electron chi connectivity index (χ3n) is 5.78. The molecule has 0 radical (unpaired) electrons. The maximum atomic E-state index is 5.69. The molecule has 0 bridgehead atoms. The second kappa shape index (κ2) is 17.6. The maximum absolute atomic E-state index is 5.69. The number of ether oxygens (including phenoxy) is 1. The molecule has 5 heteroatoms. The first-order chi connectivity index (χ1) is 13.5. The molecule has 0 aromatic rings. The van der Waals surface area contributed by atoms with Gasteiger partial charge in [-0.2, -0.15) is 0 Å². The van der Waals surface area contributed by atoms with Crippen LogP contribution >= 0.6 is 0 Å². The number of hydrogen-bond donors (Lipinski definition) is 1. The minimum Gasteiger partial charge on any atom is -0.380 e. The van der Waals surface area contributed by atoms with Crippen LogP contribution < -0.4 is 5.73 Å². The van der Waals surface area contributed by atoms with Crippen molar-refractivity contribution in [2.45, 2.75) is 79.2 Å². The van der Waals surface area contributed by atoms with E-state index in [-0.39, 0.29) is 5.54 Å². The normalized spacial score (nSPS) is 19.4. The zero-order chi connectivity index (χ0) is 21.3. The van der Waals surface area contributed by atoms with Crippen molar-refractivity contribution in [2.24, 2.45) is 5.73 Å². The number of rotatable bonds is 9. The van der Waals surface area contributed by atoms with Crippen LogP contribution in [0.25, 0.3) is 0 Å². The van der Waals surface area contributed by atoms with E-state index >= 15 is 0 Å². The first-order valence-electron chi connectivity index (χ1n) is 12.0. The molecular formula is C23H52N4O. The topological polar surface area (TPSA) is 45.0 Å². The van der Waals surface area contributed by atoms with E-state index in [9.17, 15) is 0 Å². The molecule has 0 saturated carbocycles. The van der Waals surface area contributed by atoms with Gasteiger partial charge in [-0.15, -0.1) is 0 Å². The first-order valence-corrected chi connectivity index (χ1v) is 12.0. The molecule has 2 aliphatic rings. The Hall–Kier alpha value is -0.200. The van der Waals surface area contributed by atoms with Crippen molar-refractivity contribution in [1.82, 2.24) is 14.7 Å². The molecule has 0 atom stereocenters. The van der Waals surface area contributed by atoms with Crippen LogP contribution in [0.1, 0.15) is 73.6 Å². The van der Waals surface area contributed by atoms with Gasteiger partial charge >= 0.3 is 0 Å². The fourth-order valence-electron chi connectivity index (χ4n) is 3.80. The molecule has 0 unspecified atom stereocenters. The van der Waals surface area contributed by atoms with Crippen LogP contribution in [-0.2, 0) is 4.74 Å². The highest BCUT2D eigenvalue weighted by Gasteiger charge is 2.28. The van der Waals surface area contributed by atoms with Gasteiger partial charge in [0.1, 0.15) is 0 Å². The van der Waals surface area contributed by atoms with Crippen molar-refractivity contribution < 1.29 is 4.74 Å². The number of piperidine rings is 1. The summed E-state index contributed by atoms with van der Waals surface area (Å²) < 4.78 is 5.55. The van der Waals surface area contributed by atoms with Crippen LogP contribution in [0.15, 0.2) is 0 Å². The highest BCUT2D eigenvalue weighted by atomic mass is 16.5. The first kappa shape index (κ1) is 27.8. The molecule has 0 spiro atoms. The van der Waals surface area contributed by atoms with Crippen molar-refractivity contribution in [3.63, 3.8) is 0 Å². The molecule has 2 rings (SSSR count). The van der Waals surface area contributed by atoms with Crippen molar-refractivity contribution in [2.75, 3.05) is 72.1 Å². The molecule has 28 heavy (non-hydrogen) atoms. The van der Waals surface area contributed by atoms with Gasteiger partial charge in [0, 0.05) is 44.9 Å². The van der Waals surface area contributed by atoms with Crippen LogP contribution in [-0.4, -0.2) is 92.4 Å². The second-order valence-electron chi connectivity index (χ2n) is 8.29. The molecule has 170 valence electrons. The molecule has 0 amide bonds. The van der Waals surface area contributed by atoms with Gasteiger partial charge in [0.2, 0.25) is 0 Å². The van der Waals surface area contributed by atoms with Crippen LogP contribution in [0.5, 0.6) is 0 Å². The van der Waals surface area contributed by atoms with Gasteiger partial charge in [-0.05, 0) is 65.7 Å². The predicted octanol–water partition coefficient (Wildman–Crippen LogP) is 3.68. The molecule has 2 aliphatic heterocycles. The maximum Gasteiger partial charge on any atom is 0.0593 e. The summed E-state index contributed by atoms with van der Waals surface area (Å²) in [4.78, 5) is 7.59. The molecule has 2 fully saturated rings. The lowest BCUT2D eigenvalue weighted by molar-refractivity contribution is 0.0325. The van der Waals surface area contributed by atoms with E-state index in [0.717, 1.165) is 65.3 Å². The lowest BCUT2D eigenvalue weighted by Gasteiger charge is -2.44. The Balaban J connectivity index is 0.000000604. The van der Waals surface area contributed by atoms with E-state index in [2.05, 4.69) is 42.4 Å². The predicted molar refractivity (Wildman–Crippen MR) is 124 cm³/mol. The van der Waals surface area contributed by atoms with Gasteiger partial charge in [0.05, 0.1) is 6.61 Å². The van der Waals surface area contributed by atoms with Crippen LogP contribution in [0.2, 0.25) is 0 Å². The number of likely N-dealkylation sites (tertiary alicyclic amines) is 1. The van der Waals surface area contributed by atoms with E-state index < -0.39 is 0 Å². The molecule has 2 saturated heterocycles. The molecule has 0 aliphatic carbocycles. The molecule has 0 aromatic heterocycles. The summed E-state index contributed by atoms with van der Waals surface area (Å²) in [5.41, 5.74) is 5.94. The third-order valence-corrected chi connectivity index (χ3v) is 5.78. The van der Waals surface area contributed by atoms with Gasteiger partial charge in [-0.1, -0.05) is 34.1 Å². The monoisotopic (exact) mass is 400 g/mol. The number of piperazine rings is 1. The lowest BCUT2D eigenvalue weighted by atomic mass is 9.97.